The Bertz CT molecular complexity index is 1820. The quantitative estimate of drug-likeness (QED) is 0.229. The van der Waals surface area contributed by atoms with Gasteiger partial charge in [-0.2, -0.15) is 0 Å². The molecule has 0 spiro atoms. The predicted octanol–water partition coefficient (Wildman–Crippen LogP) is 11.3. The molecule has 1 atom stereocenters. The van der Waals surface area contributed by atoms with Gasteiger partial charge in [0, 0.05) is 10.8 Å². The van der Waals surface area contributed by atoms with Gasteiger partial charge >= 0.3 is 0 Å². The molecule has 1 unspecified atom stereocenters. The SMILES string of the molecule is CC1(C)c2ccccc2-c2ccccc21.CC1=CC=C(C2(c3ccc(C)cc3)C3=C(c4ccccc42)C(C)(C)C=C3)CC1. The number of allylic oxidation sites excluding steroid dienone is 8. The van der Waals surface area contributed by atoms with E-state index in [1.54, 1.807) is 0 Å². The van der Waals surface area contributed by atoms with Crippen molar-refractivity contribution in [1.82, 2.24) is 0 Å². The molecule has 4 aliphatic carbocycles. The summed E-state index contributed by atoms with van der Waals surface area (Å²) in [5, 5.41) is 0. The summed E-state index contributed by atoms with van der Waals surface area (Å²) in [5.41, 5.74) is 17.4. The standard InChI is InChI=1S/C28H28.C15H14/c1-19-9-13-21(14-10-19)28(22-15-11-20(2)12-16-22)24-8-6-5-7-23(24)26-25(28)17-18-27(26,3)4;1-15(2)13-9-5-3-7-11(13)12-8-4-6-10-14(12)15/h5-11,13-15,17-18H,12,16H2,1-4H3;3-10H,1-2H3. The van der Waals surface area contributed by atoms with Gasteiger partial charge in [-0.15, -0.1) is 0 Å². The summed E-state index contributed by atoms with van der Waals surface area (Å²) in [4.78, 5) is 0. The van der Waals surface area contributed by atoms with Crippen LogP contribution in [0.5, 0.6) is 0 Å². The molecule has 0 heteroatoms. The van der Waals surface area contributed by atoms with Gasteiger partial charge in [0.1, 0.15) is 0 Å². The van der Waals surface area contributed by atoms with E-state index in [1.165, 1.54) is 66.8 Å². The maximum absolute atomic E-state index is 2.42. The van der Waals surface area contributed by atoms with Gasteiger partial charge in [-0.3, -0.25) is 0 Å². The average molecular weight is 559 g/mol. The minimum absolute atomic E-state index is 0.0683. The summed E-state index contributed by atoms with van der Waals surface area (Å²) >= 11 is 0. The third-order valence-corrected chi connectivity index (χ3v) is 10.4. The van der Waals surface area contributed by atoms with Crippen molar-refractivity contribution in [2.45, 2.75) is 65.2 Å². The second-order valence-corrected chi connectivity index (χ2v) is 13.9. The fourth-order valence-electron chi connectivity index (χ4n) is 8.15. The molecule has 43 heavy (non-hydrogen) atoms. The second kappa shape index (κ2) is 9.95. The summed E-state index contributed by atoms with van der Waals surface area (Å²) in [6, 6.07) is 35.8. The van der Waals surface area contributed by atoms with Crippen LogP contribution in [0.25, 0.3) is 16.7 Å². The van der Waals surface area contributed by atoms with E-state index < -0.39 is 0 Å². The Labute approximate surface area is 258 Å². The third-order valence-electron chi connectivity index (χ3n) is 10.4. The Morgan fingerprint density at radius 1 is 0.558 bits per heavy atom. The summed E-state index contributed by atoms with van der Waals surface area (Å²) in [6.45, 7) is 13.7. The van der Waals surface area contributed by atoms with E-state index in [-0.39, 0.29) is 16.2 Å². The van der Waals surface area contributed by atoms with Gasteiger partial charge in [-0.1, -0.05) is 166 Å². The normalized spacial score (nSPS) is 21.6. The van der Waals surface area contributed by atoms with Crippen molar-refractivity contribution >= 4 is 5.57 Å². The van der Waals surface area contributed by atoms with Crippen LogP contribution in [-0.4, -0.2) is 0 Å². The molecule has 4 aromatic carbocycles. The van der Waals surface area contributed by atoms with Crippen molar-refractivity contribution in [2.75, 3.05) is 0 Å². The zero-order valence-corrected chi connectivity index (χ0v) is 26.5. The highest BCUT2D eigenvalue weighted by Gasteiger charge is 2.51. The largest absolute Gasteiger partial charge is 0.0741 e. The maximum Gasteiger partial charge on any atom is 0.0673 e. The Morgan fingerprint density at radius 2 is 1.12 bits per heavy atom. The lowest BCUT2D eigenvalue weighted by molar-refractivity contribution is 0.658. The highest BCUT2D eigenvalue weighted by molar-refractivity contribution is 5.92. The van der Waals surface area contributed by atoms with E-state index in [2.05, 4.69) is 163 Å². The Balaban J connectivity index is 0.000000168. The minimum Gasteiger partial charge on any atom is -0.0741 e. The number of hydrogen-bond donors (Lipinski definition) is 0. The van der Waals surface area contributed by atoms with Crippen molar-refractivity contribution in [1.29, 1.82) is 0 Å². The van der Waals surface area contributed by atoms with Gasteiger partial charge in [0.25, 0.3) is 0 Å². The second-order valence-electron chi connectivity index (χ2n) is 13.9. The van der Waals surface area contributed by atoms with Gasteiger partial charge in [0.2, 0.25) is 0 Å². The van der Waals surface area contributed by atoms with E-state index in [0.717, 1.165) is 12.8 Å². The predicted molar refractivity (Wildman–Crippen MR) is 183 cm³/mol. The van der Waals surface area contributed by atoms with Crippen molar-refractivity contribution in [3.8, 4) is 11.1 Å². The van der Waals surface area contributed by atoms with Crippen LogP contribution in [0, 0.1) is 12.3 Å². The first-order chi connectivity index (χ1) is 20.7. The van der Waals surface area contributed by atoms with Crippen molar-refractivity contribution in [2.24, 2.45) is 5.41 Å². The van der Waals surface area contributed by atoms with Crippen LogP contribution in [0.3, 0.4) is 0 Å². The molecular formula is C43H42. The molecule has 0 nitrogen and oxygen atoms in total. The highest BCUT2D eigenvalue weighted by Crippen LogP contribution is 2.62. The molecule has 0 bridgehead atoms. The molecule has 4 aromatic rings. The minimum atomic E-state index is -0.166. The fraction of sp³-hybridized carbons (Fsp3) is 0.256. The summed E-state index contributed by atoms with van der Waals surface area (Å²) < 4.78 is 0. The first-order valence-electron chi connectivity index (χ1n) is 15.8. The number of benzene rings is 4. The van der Waals surface area contributed by atoms with Gasteiger partial charge < -0.3 is 0 Å². The molecular weight excluding hydrogens is 516 g/mol. The van der Waals surface area contributed by atoms with Crippen LogP contribution < -0.4 is 0 Å². The van der Waals surface area contributed by atoms with Crippen molar-refractivity contribution in [3.63, 3.8) is 0 Å². The molecule has 214 valence electrons. The Kier molecular flexibility index (Phi) is 6.40. The topological polar surface area (TPSA) is 0 Å². The number of aryl methyl sites for hydroxylation is 1. The zero-order valence-electron chi connectivity index (χ0n) is 26.5. The van der Waals surface area contributed by atoms with Crippen LogP contribution in [0.1, 0.15) is 80.8 Å². The van der Waals surface area contributed by atoms with E-state index in [1.807, 2.05) is 0 Å². The van der Waals surface area contributed by atoms with Crippen LogP contribution in [0.15, 0.2) is 138 Å². The highest BCUT2D eigenvalue weighted by atomic mass is 14.5. The van der Waals surface area contributed by atoms with Gasteiger partial charge in [-0.25, -0.2) is 0 Å². The van der Waals surface area contributed by atoms with E-state index in [4.69, 9.17) is 0 Å². The Hall–Kier alpha value is -4.16. The molecule has 0 aliphatic heterocycles. The van der Waals surface area contributed by atoms with Crippen LogP contribution >= 0.6 is 0 Å². The summed E-state index contributed by atoms with van der Waals surface area (Å²) in [6.07, 6.45) is 11.8. The first-order valence-corrected chi connectivity index (χ1v) is 15.8. The monoisotopic (exact) mass is 558 g/mol. The first kappa shape index (κ1) is 27.7. The molecule has 0 fully saturated rings. The van der Waals surface area contributed by atoms with E-state index in [0.29, 0.717) is 0 Å². The summed E-state index contributed by atoms with van der Waals surface area (Å²) in [5.74, 6) is 0. The van der Waals surface area contributed by atoms with Gasteiger partial charge in [0.05, 0.1) is 5.41 Å². The summed E-state index contributed by atoms with van der Waals surface area (Å²) in [7, 11) is 0. The molecule has 0 radical (unpaired) electrons. The average Bonchev–Trinajstić information content (AvgIpc) is 3.59. The number of hydrogen-bond acceptors (Lipinski definition) is 0. The fourth-order valence-corrected chi connectivity index (χ4v) is 8.15. The molecule has 8 rings (SSSR count). The lowest BCUT2D eigenvalue weighted by Gasteiger charge is -2.38. The molecule has 0 saturated heterocycles. The number of fused-ring (bicyclic) bond motifs is 5. The maximum atomic E-state index is 2.42. The molecule has 0 amide bonds. The molecule has 0 heterocycles. The smallest absolute Gasteiger partial charge is 0.0673 e. The third kappa shape index (κ3) is 4.10. The molecule has 4 aliphatic rings. The van der Waals surface area contributed by atoms with Gasteiger partial charge in [-0.05, 0) is 76.8 Å². The molecule has 0 aromatic heterocycles. The zero-order chi connectivity index (χ0) is 30.0. The van der Waals surface area contributed by atoms with E-state index in [9.17, 15) is 0 Å². The van der Waals surface area contributed by atoms with Crippen LogP contribution in [0.2, 0.25) is 0 Å². The van der Waals surface area contributed by atoms with Crippen LogP contribution in [-0.2, 0) is 10.8 Å². The molecule has 0 N–H and O–H groups in total. The lowest BCUT2D eigenvalue weighted by Crippen LogP contribution is -2.31. The van der Waals surface area contributed by atoms with Crippen molar-refractivity contribution in [3.05, 3.63) is 171 Å². The van der Waals surface area contributed by atoms with Gasteiger partial charge in [0.15, 0.2) is 0 Å². The number of rotatable bonds is 2. The lowest BCUT2D eigenvalue weighted by atomic mass is 9.64. The van der Waals surface area contributed by atoms with Crippen molar-refractivity contribution < 1.29 is 0 Å². The van der Waals surface area contributed by atoms with Crippen LogP contribution in [0.4, 0.5) is 0 Å². The Morgan fingerprint density at radius 3 is 1.70 bits per heavy atom. The molecule has 0 saturated carbocycles. The van der Waals surface area contributed by atoms with E-state index >= 15 is 0 Å².